The van der Waals surface area contributed by atoms with E-state index in [1.54, 1.807) is 6.20 Å². The van der Waals surface area contributed by atoms with Gasteiger partial charge in [0.05, 0.1) is 0 Å². The fourth-order valence-electron chi connectivity index (χ4n) is 3.47. The second-order valence-electron chi connectivity index (χ2n) is 6.16. The van der Waals surface area contributed by atoms with E-state index in [4.69, 9.17) is 0 Å². The van der Waals surface area contributed by atoms with E-state index < -0.39 is 0 Å². The number of carbonyl (C=O) groups is 1. The highest BCUT2D eigenvalue weighted by molar-refractivity contribution is 5.93. The highest BCUT2D eigenvalue weighted by atomic mass is 16.2. The van der Waals surface area contributed by atoms with E-state index in [0.717, 1.165) is 31.9 Å². The number of carbonyl (C=O) groups excluding carboxylic acids is 1. The van der Waals surface area contributed by atoms with Crippen molar-refractivity contribution < 1.29 is 4.79 Å². The molecule has 1 saturated carbocycles. The van der Waals surface area contributed by atoms with Gasteiger partial charge in [0.25, 0.3) is 5.91 Å². The number of H-pyrrole nitrogens is 1. The van der Waals surface area contributed by atoms with E-state index in [-0.39, 0.29) is 16.9 Å². The Kier molecular flexibility index (Phi) is 4.10. The van der Waals surface area contributed by atoms with Gasteiger partial charge in [-0.3, -0.25) is 14.5 Å². The number of nitrogens with zero attached hydrogens (tertiary/aromatic N) is 2. The van der Waals surface area contributed by atoms with Gasteiger partial charge >= 0.3 is 0 Å². The van der Waals surface area contributed by atoms with Crippen molar-refractivity contribution in [2.24, 2.45) is 0 Å². The summed E-state index contributed by atoms with van der Waals surface area (Å²) in [7, 11) is 0. The zero-order valence-corrected chi connectivity index (χ0v) is 12.6. The minimum Gasteiger partial charge on any atom is -0.364 e. The summed E-state index contributed by atoms with van der Waals surface area (Å²) in [5, 5.41) is 0. The summed E-state index contributed by atoms with van der Waals surface area (Å²) >= 11 is 0. The van der Waals surface area contributed by atoms with Gasteiger partial charge in [0.2, 0.25) is 0 Å². The van der Waals surface area contributed by atoms with Gasteiger partial charge in [-0.15, -0.1) is 0 Å². The summed E-state index contributed by atoms with van der Waals surface area (Å²) < 4.78 is 0. The van der Waals surface area contributed by atoms with Gasteiger partial charge in [-0.1, -0.05) is 12.8 Å². The first-order valence-electron chi connectivity index (χ1n) is 7.88. The molecule has 2 aliphatic rings. The van der Waals surface area contributed by atoms with Gasteiger partial charge in [0.15, 0.2) is 5.43 Å². The van der Waals surface area contributed by atoms with Gasteiger partial charge < -0.3 is 9.88 Å². The van der Waals surface area contributed by atoms with Crippen molar-refractivity contribution in [3.63, 3.8) is 0 Å². The van der Waals surface area contributed by atoms with E-state index in [9.17, 15) is 9.59 Å². The van der Waals surface area contributed by atoms with Gasteiger partial charge in [-0.05, 0) is 19.8 Å². The van der Waals surface area contributed by atoms with Crippen LogP contribution in [0.3, 0.4) is 0 Å². The van der Waals surface area contributed by atoms with Crippen LogP contribution in [0.5, 0.6) is 0 Å². The Labute approximate surface area is 124 Å². The van der Waals surface area contributed by atoms with Crippen molar-refractivity contribution >= 4 is 5.91 Å². The molecule has 1 N–H and O–H groups in total. The Balaban J connectivity index is 1.63. The lowest BCUT2D eigenvalue weighted by Crippen LogP contribution is -2.52. The van der Waals surface area contributed by atoms with Crippen LogP contribution in [0.15, 0.2) is 17.1 Å². The van der Waals surface area contributed by atoms with Crippen molar-refractivity contribution in [3.8, 4) is 0 Å². The highest BCUT2D eigenvalue weighted by Crippen LogP contribution is 2.24. The third kappa shape index (κ3) is 3.02. The maximum Gasteiger partial charge on any atom is 0.259 e. The van der Waals surface area contributed by atoms with Crippen LogP contribution in [0.1, 0.15) is 41.7 Å². The minimum absolute atomic E-state index is 0.137. The fraction of sp³-hybridized carbons (Fsp3) is 0.625. The molecule has 2 heterocycles. The number of amides is 1. The predicted octanol–water partition coefficient (Wildman–Crippen LogP) is 1.38. The number of nitrogens with one attached hydrogen (secondary N) is 1. The van der Waals surface area contributed by atoms with Gasteiger partial charge in [-0.25, -0.2) is 0 Å². The van der Waals surface area contributed by atoms with Crippen LogP contribution in [0.25, 0.3) is 0 Å². The first kappa shape index (κ1) is 14.3. The molecule has 0 spiro atoms. The average Bonchev–Trinajstić information content (AvgIpc) is 3.01. The SMILES string of the molecule is Cc1cc(=O)c(C(=O)N2CCN(C3CCCC3)CC2)c[nH]1. The Hall–Kier alpha value is -1.62. The predicted molar refractivity (Wildman–Crippen MR) is 81.5 cm³/mol. The summed E-state index contributed by atoms with van der Waals surface area (Å²) in [4.78, 5) is 31.6. The van der Waals surface area contributed by atoms with Gasteiger partial charge in [-0.2, -0.15) is 0 Å². The van der Waals surface area contributed by atoms with Gasteiger partial charge in [0.1, 0.15) is 5.56 Å². The number of aryl methyl sites for hydroxylation is 1. The van der Waals surface area contributed by atoms with Crippen molar-refractivity contribution in [2.75, 3.05) is 26.2 Å². The fourth-order valence-corrected chi connectivity index (χ4v) is 3.47. The van der Waals surface area contributed by atoms with E-state index in [1.807, 2.05) is 11.8 Å². The van der Waals surface area contributed by atoms with Crippen molar-refractivity contribution in [1.29, 1.82) is 0 Å². The van der Waals surface area contributed by atoms with Crippen LogP contribution in [-0.2, 0) is 0 Å². The number of hydrogen-bond acceptors (Lipinski definition) is 3. The molecular formula is C16H23N3O2. The van der Waals surface area contributed by atoms with Crippen LogP contribution in [-0.4, -0.2) is 52.9 Å². The third-order valence-electron chi connectivity index (χ3n) is 4.73. The molecule has 1 saturated heterocycles. The summed E-state index contributed by atoms with van der Waals surface area (Å²) in [5.41, 5.74) is 0.854. The first-order chi connectivity index (χ1) is 10.1. The standard InChI is InChI=1S/C16H23N3O2/c1-12-10-15(20)14(11-17-12)16(21)19-8-6-18(7-9-19)13-4-2-3-5-13/h10-11,13H,2-9H2,1H3,(H,17,20). The largest absolute Gasteiger partial charge is 0.364 e. The topological polar surface area (TPSA) is 56.4 Å². The smallest absolute Gasteiger partial charge is 0.259 e. The molecule has 5 nitrogen and oxygen atoms in total. The van der Waals surface area contributed by atoms with Crippen LogP contribution < -0.4 is 5.43 Å². The average molecular weight is 289 g/mol. The summed E-state index contributed by atoms with van der Waals surface area (Å²) in [5.74, 6) is -0.137. The molecule has 3 rings (SSSR count). The number of aromatic amines is 1. The molecule has 2 fully saturated rings. The van der Waals surface area contributed by atoms with E-state index in [0.29, 0.717) is 6.04 Å². The number of rotatable bonds is 2. The maximum atomic E-state index is 12.4. The maximum absolute atomic E-state index is 12.4. The number of pyridine rings is 1. The molecule has 0 radical (unpaired) electrons. The molecule has 21 heavy (non-hydrogen) atoms. The van der Waals surface area contributed by atoms with E-state index in [1.165, 1.54) is 31.7 Å². The van der Waals surface area contributed by atoms with Gasteiger partial charge in [0, 0.05) is 50.2 Å². The summed E-state index contributed by atoms with van der Waals surface area (Å²) in [6.07, 6.45) is 6.81. The zero-order chi connectivity index (χ0) is 14.8. The summed E-state index contributed by atoms with van der Waals surface area (Å²) in [6, 6.07) is 2.20. The van der Waals surface area contributed by atoms with E-state index >= 15 is 0 Å². The Morgan fingerprint density at radius 2 is 1.86 bits per heavy atom. The number of piperazine rings is 1. The molecule has 0 bridgehead atoms. The molecule has 1 aromatic heterocycles. The third-order valence-corrected chi connectivity index (χ3v) is 4.73. The zero-order valence-electron chi connectivity index (χ0n) is 12.6. The van der Waals surface area contributed by atoms with Crippen LogP contribution >= 0.6 is 0 Å². The Morgan fingerprint density at radius 1 is 1.19 bits per heavy atom. The Bertz CT molecular complexity index is 567. The second-order valence-corrected chi connectivity index (χ2v) is 6.16. The molecule has 0 unspecified atom stereocenters. The van der Waals surface area contributed by atoms with Crippen LogP contribution in [0.4, 0.5) is 0 Å². The molecule has 1 aromatic rings. The van der Waals surface area contributed by atoms with Crippen LogP contribution in [0.2, 0.25) is 0 Å². The lowest BCUT2D eigenvalue weighted by atomic mass is 10.1. The molecule has 1 aliphatic heterocycles. The minimum atomic E-state index is -0.186. The molecular weight excluding hydrogens is 266 g/mol. The lowest BCUT2D eigenvalue weighted by molar-refractivity contribution is 0.0572. The molecule has 5 heteroatoms. The van der Waals surface area contributed by atoms with E-state index in [2.05, 4.69) is 9.88 Å². The normalized spacial score (nSPS) is 20.9. The Morgan fingerprint density at radius 3 is 2.48 bits per heavy atom. The molecule has 114 valence electrons. The highest BCUT2D eigenvalue weighted by Gasteiger charge is 2.28. The first-order valence-corrected chi connectivity index (χ1v) is 7.88. The van der Waals surface area contributed by atoms with Crippen molar-refractivity contribution in [2.45, 2.75) is 38.6 Å². The number of aromatic nitrogens is 1. The monoisotopic (exact) mass is 289 g/mol. The molecule has 1 aliphatic carbocycles. The summed E-state index contributed by atoms with van der Waals surface area (Å²) in [6.45, 7) is 5.13. The molecule has 1 amide bonds. The molecule has 0 atom stereocenters. The molecule has 0 aromatic carbocycles. The number of hydrogen-bond donors (Lipinski definition) is 1. The second kappa shape index (κ2) is 6.02. The van der Waals surface area contributed by atoms with Crippen molar-refractivity contribution in [1.82, 2.24) is 14.8 Å². The quantitative estimate of drug-likeness (QED) is 0.895. The lowest BCUT2D eigenvalue weighted by Gasteiger charge is -2.38. The van der Waals surface area contributed by atoms with Crippen molar-refractivity contribution in [3.05, 3.63) is 33.7 Å². The van der Waals surface area contributed by atoms with Crippen LogP contribution in [0, 0.1) is 6.92 Å².